The third-order valence-electron chi connectivity index (χ3n) is 5.68. The number of aliphatic hydroxyl groups is 1. The van der Waals surface area contributed by atoms with Crippen molar-refractivity contribution in [2.45, 2.75) is 91.0 Å². The van der Waals surface area contributed by atoms with Crippen LogP contribution in [0.1, 0.15) is 72.1 Å². The van der Waals surface area contributed by atoms with Crippen LogP contribution in [0.2, 0.25) is 13.3 Å². The van der Waals surface area contributed by atoms with Gasteiger partial charge in [-0.05, 0) is 0 Å². The van der Waals surface area contributed by atoms with Crippen LogP contribution in [-0.2, 0) is 0 Å². The summed E-state index contributed by atoms with van der Waals surface area (Å²) in [5.41, 5.74) is -0.515. The average molecular weight is 430 g/mol. The van der Waals surface area contributed by atoms with Gasteiger partial charge in [0.2, 0.25) is 0 Å². The first-order valence-electron chi connectivity index (χ1n) is 10.1. The zero-order chi connectivity index (χ0) is 17.2. The van der Waals surface area contributed by atoms with Crippen LogP contribution in [-0.4, -0.2) is 54.1 Å². The normalized spacial score (nSPS) is 19.5. The van der Waals surface area contributed by atoms with Crippen LogP contribution >= 0.6 is 0 Å². The third-order valence-corrected chi connectivity index (χ3v) is 19.7. The number of likely N-dealkylation sites (tertiary alicyclic amines) is 1. The van der Waals surface area contributed by atoms with E-state index in [2.05, 4.69) is 42.9 Å². The van der Waals surface area contributed by atoms with Gasteiger partial charge in [0, 0.05) is 0 Å². The van der Waals surface area contributed by atoms with Crippen molar-refractivity contribution >= 4 is 18.4 Å². The molecule has 0 aliphatic carbocycles. The second-order valence-corrected chi connectivity index (χ2v) is 20.9. The first-order chi connectivity index (χ1) is 11.0. The Bertz CT molecular complexity index is 313. The topological polar surface area (TPSA) is 23.5 Å². The second-order valence-electron chi connectivity index (χ2n) is 7.91. The van der Waals surface area contributed by atoms with E-state index in [1.807, 2.05) is 0 Å². The fraction of sp³-hybridized carbons (Fsp3) is 0.900. The molecule has 0 unspecified atom stereocenters. The van der Waals surface area contributed by atoms with Crippen molar-refractivity contribution in [3.05, 3.63) is 10.2 Å². The molecule has 1 aliphatic rings. The Morgan fingerprint density at radius 1 is 0.913 bits per heavy atom. The summed E-state index contributed by atoms with van der Waals surface area (Å²) in [7, 11) is 2.16. The molecule has 0 radical (unpaired) electrons. The molecule has 0 spiro atoms. The molecule has 0 bridgehead atoms. The molecule has 0 aromatic rings. The van der Waals surface area contributed by atoms with Gasteiger partial charge in [0.15, 0.2) is 0 Å². The number of hydrogen-bond donors (Lipinski definition) is 1. The van der Waals surface area contributed by atoms with Gasteiger partial charge in [0.05, 0.1) is 0 Å². The van der Waals surface area contributed by atoms with Crippen LogP contribution < -0.4 is 0 Å². The fourth-order valence-corrected chi connectivity index (χ4v) is 18.2. The average Bonchev–Trinajstić information content (AvgIpc) is 2.57. The summed E-state index contributed by atoms with van der Waals surface area (Å²) >= 11 is -2.22. The predicted octanol–water partition coefficient (Wildman–Crippen LogP) is 5.39. The third kappa shape index (κ3) is 7.92. The molecule has 1 heterocycles. The predicted molar refractivity (Wildman–Crippen MR) is 106 cm³/mol. The molecular formula is C20H41NOSn. The summed E-state index contributed by atoms with van der Waals surface area (Å²) in [6, 6.07) is 0. The molecule has 0 saturated carbocycles. The van der Waals surface area contributed by atoms with E-state index >= 15 is 0 Å². The zero-order valence-electron chi connectivity index (χ0n) is 16.2. The van der Waals surface area contributed by atoms with Crippen LogP contribution in [0.3, 0.4) is 0 Å². The summed E-state index contributed by atoms with van der Waals surface area (Å²) < 4.78 is 7.15. The van der Waals surface area contributed by atoms with Crippen molar-refractivity contribution in [2.24, 2.45) is 0 Å². The van der Waals surface area contributed by atoms with Crippen molar-refractivity contribution < 1.29 is 5.11 Å². The van der Waals surface area contributed by atoms with E-state index in [-0.39, 0.29) is 0 Å². The number of piperidine rings is 1. The maximum atomic E-state index is 10.9. The second kappa shape index (κ2) is 11.1. The molecule has 136 valence electrons. The summed E-state index contributed by atoms with van der Waals surface area (Å²) in [6.07, 6.45) is 12.3. The Morgan fingerprint density at radius 3 is 1.74 bits per heavy atom. The van der Waals surface area contributed by atoms with Crippen molar-refractivity contribution in [3.8, 4) is 0 Å². The Labute approximate surface area is 149 Å². The van der Waals surface area contributed by atoms with Gasteiger partial charge in [0.25, 0.3) is 0 Å². The van der Waals surface area contributed by atoms with Gasteiger partial charge in [-0.25, -0.2) is 0 Å². The number of nitrogens with zero attached hydrogens (tertiary/aromatic N) is 1. The molecule has 1 aliphatic heterocycles. The summed E-state index contributed by atoms with van der Waals surface area (Å²) in [6.45, 7) is 9.03. The Hall–Kier alpha value is 0.459. The molecule has 0 atom stereocenters. The van der Waals surface area contributed by atoms with Crippen molar-refractivity contribution in [3.63, 3.8) is 0 Å². The molecule has 2 nitrogen and oxygen atoms in total. The van der Waals surface area contributed by atoms with Gasteiger partial charge in [-0.2, -0.15) is 0 Å². The maximum absolute atomic E-state index is 10.9. The monoisotopic (exact) mass is 431 g/mol. The van der Waals surface area contributed by atoms with Gasteiger partial charge in [-0.15, -0.1) is 0 Å². The van der Waals surface area contributed by atoms with E-state index in [0.29, 0.717) is 0 Å². The first-order valence-corrected chi connectivity index (χ1v) is 17.8. The van der Waals surface area contributed by atoms with Crippen LogP contribution in [0.5, 0.6) is 0 Å². The van der Waals surface area contributed by atoms with Crippen LogP contribution in [0.25, 0.3) is 0 Å². The van der Waals surface area contributed by atoms with Gasteiger partial charge >= 0.3 is 150 Å². The van der Waals surface area contributed by atoms with Gasteiger partial charge in [-0.3, -0.25) is 0 Å². The Kier molecular flexibility index (Phi) is 10.4. The minimum absolute atomic E-state index is 0.515. The van der Waals surface area contributed by atoms with Crippen molar-refractivity contribution in [1.82, 2.24) is 4.90 Å². The summed E-state index contributed by atoms with van der Waals surface area (Å²) in [5.74, 6) is 0. The summed E-state index contributed by atoms with van der Waals surface area (Å²) in [5, 5.41) is 10.9. The molecule has 0 aromatic carbocycles. The fourth-order valence-electron chi connectivity index (χ4n) is 3.72. The van der Waals surface area contributed by atoms with E-state index < -0.39 is 24.0 Å². The van der Waals surface area contributed by atoms with E-state index in [1.54, 1.807) is 0 Å². The zero-order valence-corrected chi connectivity index (χ0v) is 19.1. The van der Waals surface area contributed by atoms with E-state index in [9.17, 15) is 5.11 Å². The van der Waals surface area contributed by atoms with Gasteiger partial charge < -0.3 is 0 Å². The molecule has 1 N–H and O–H groups in total. The van der Waals surface area contributed by atoms with Gasteiger partial charge in [-0.1, -0.05) is 0 Å². The number of rotatable bonds is 11. The van der Waals surface area contributed by atoms with E-state index in [1.165, 1.54) is 51.8 Å². The quantitative estimate of drug-likeness (QED) is 0.445. The first kappa shape index (κ1) is 21.5. The molecular weight excluding hydrogens is 389 g/mol. The Morgan fingerprint density at radius 2 is 1.35 bits per heavy atom. The molecule has 3 heteroatoms. The molecule has 0 aromatic heterocycles. The molecule has 0 amide bonds. The van der Waals surface area contributed by atoms with Crippen molar-refractivity contribution in [1.29, 1.82) is 0 Å². The van der Waals surface area contributed by atoms with Crippen LogP contribution in [0.4, 0.5) is 0 Å². The molecule has 1 fully saturated rings. The van der Waals surface area contributed by atoms with Crippen LogP contribution in [0.15, 0.2) is 10.2 Å². The summed E-state index contributed by atoms with van der Waals surface area (Å²) in [4.78, 5) is 2.34. The number of hydrogen-bond acceptors (Lipinski definition) is 2. The standard InChI is InChI=1S/C8H14NO.3C4H9.Sn/c1-3-8(10)4-6-9(2)7-5-8;3*1-3-4-2;/h1,3,10H,4-7H2,2H3;3*1,3-4H2,2H3;. The van der Waals surface area contributed by atoms with E-state index in [4.69, 9.17) is 0 Å². The molecule has 1 rings (SSSR count). The minimum atomic E-state index is -2.22. The SMILES string of the molecule is CCC[CH2][Sn](/[CH]=C/C1(O)CCN(C)CC1)([CH2]CCC)[CH2]CCC. The van der Waals surface area contributed by atoms with Crippen molar-refractivity contribution in [2.75, 3.05) is 20.1 Å². The molecule has 23 heavy (non-hydrogen) atoms. The Balaban J connectivity index is 2.84. The van der Waals surface area contributed by atoms with Crippen LogP contribution in [0, 0.1) is 0 Å². The van der Waals surface area contributed by atoms with Gasteiger partial charge in [0.1, 0.15) is 0 Å². The van der Waals surface area contributed by atoms with E-state index in [0.717, 1.165) is 25.9 Å². The molecule has 1 saturated heterocycles. The number of unbranched alkanes of at least 4 members (excludes halogenated alkanes) is 3.